The van der Waals surface area contributed by atoms with Gasteiger partial charge in [-0.05, 0) is 73.2 Å². The van der Waals surface area contributed by atoms with Gasteiger partial charge in [0.05, 0.1) is 12.0 Å². The number of carbonyl (C=O) groups is 1. The lowest BCUT2D eigenvalue weighted by Crippen LogP contribution is -2.51. The van der Waals surface area contributed by atoms with E-state index in [-0.39, 0.29) is 19.1 Å². The summed E-state index contributed by atoms with van der Waals surface area (Å²) in [5.41, 5.74) is 3.09. The maximum Gasteiger partial charge on any atom is 0.321 e. The average molecular weight is 430 g/mol. The zero-order valence-electron chi connectivity index (χ0n) is 17.1. The summed E-state index contributed by atoms with van der Waals surface area (Å²) in [5.74, 6) is 0.717. The molecule has 0 unspecified atom stereocenters. The van der Waals surface area contributed by atoms with Gasteiger partial charge in [0.1, 0.15) is 5.75 Å². The third-order valence-electron chi connectivity index (χ3n) is 5.82. The van der Waals surface area contributed by atoms with Crippen molar-refractivity contribution in [2.75, 3.05) is 38.6 Å². The summed E-state index contributed by atoms with van der Waals surface area (Å²) in [6, 6.07) is 12.4. The van der Waals surface area contributed by atoms with Crippen molar-refractivity contribution in [2.45, 2.75) is 30.6 Å². The molecular formula is C22H27N3O4S. The van der Waals surface area contributed by atoms with E-state index in [2.05, 4.69) is 5.32 Å². The molecular weight excluding hydrogens is 402 g/mol. The zero-order chi connectivity index (χ0) is 21.1. The molecule has 2 aromatic rings. The van der Waals surface area contributed by atoms with Crippen LogP contribution in [0.2, 0.25) is 0 Å². The van der Waals surface area contributed by atoms with E-state index in [0.717, 1.165) is 24.8 Å². The number of anilines is 1. The zero-order valence-corrected chi connectivity index (χ0v) is 18.0. The van der Waals surface area contributed by atoms with Crippen LogP contribution in [0.1, 0.15) is 24.0 Å². The van der Waals surface area contributed by atoms with Crippen LogP contribution in [0.5, 0.6) is 5.75 Å². The minimum Gasteiger partial charge on any atom is -0.497 e. The van der Waals surface area contributed by atoms with Gasteiger partial charge < -0.3 is 15.0 Å². The number of amides is 2. The predicted molar refractivity (Wildman–Crippen MR) is 115 cm³/mol. The Kier molecular flexibility index (Phi) is 5.97. The molecule has 4 rings (SSSR count). The lowest BCUT2D eigenvalue weighted by Gasteiger charge is -2.34. The summed E-state index contributed by atoms with van der Waals surface area (Å²) in [7, 11) is -1.96. The highest BCUT2D eigenvalue weighted by atomic mass is 32.2. The van der Waals surface area contributed by atoms with Crippen molar-refractivity contribution in [1.82, 2.24) is 9.21 Å². The first-order valence-electron chi connectivity index (χ1n) is 10.3. The van der Waals surface area contributed by atoms with E-state index < -0.39 is 10.0 Å². The molecule has 0 saturated carbocycles. The summed E-state index contributed by atoms with van der Waals surface area (Å²) >= 11 is 0. The number of ether oxygens (including phenoxy) is 1. The van der Waals surface area contributed by atoms with Gasteiger partial charge in [-0.15, -0.1) is 0 Å². The summed E-state index contributed by atoms with van der Waals surface area (Å²) in [6.45, 7) is 1.28. The average Bonchev–Trinajstić information content (AvgIpc) is 2.79. The first-order chi connectivity index (χ1) is 14.5. The molecule has 1 aliphatic heterocycles. The fourth-order valence-electron chi connectivity index (χ4n) is 4.03. The van der Waals surface area contributed by atoms with Crippen molar-refractivity contribution < 1.29 is 17.9 Å². The third-order valence-corrected chi connectivity index (χ3v) is 7.72. The third kappa shape index (κ3) is 4.29. The summed E-state index contributed by atoms with van der Waals surface area (Å²) < 4.78 is 32.8. The fraction of sp³-hybridized carbons (Fsp3) is 0.409. The minimum absolute atomic E-state index is 0.231. The van der Waals surface area contributed by atoms with Crippen molar-refractivity contribution in [1.29, 1.82) is 0 Å². The topological polar surface area (TPSA) is 79.0 Å². The fourth-order valence-corrected chi connectivity index (χ4v) is 5.50. The molecule has 0 atom stereocenters. The molecule has 1 aliphatic carbocycles. The van der Waals surface area contributed by atoms with E-state index in [9.17, 15) is 13.2 Å². The van der Waals surface area contributed by atoms with Crippen molar-refractivity contribution in [3.05, 3.63) is 53.6 Å². The van der Waals surface area contributed by atoms with Gasteiger partial charge in [-0.2, -0.15) is 4.31 Å². The van der Waals surface area contributed by atoms with Crippen molar-refractivity contribution in [2.24, 2.45) is 0 Å². The highest BCUT2D eigenvalue weighted by Gasteiger charge is 2.30. The number of sulfonamides is 1. The van der Waals surface area contributed by atoms with Crippen LogP contribution < -0.4 is 10.1 Å². The SMILES string of the molecule is COc1ccc(NC(=O)N2CCN(S(=O)(=O)c3ccc4c(c3)CCCC4)CC2)cc1. The Morgan fingerprint density at radius 1 is 0.933 bits per heavy atom. The number of fused-ring (bicyclic) bond motifs is 1. The van der Waals surface area contributed by atoms with Gasteiger partial charge in [0, 0.05) is 31.9 Å². The standard InChI is InChI=1S/C22H27N3O4S/c1-29-20-9-7-19(8-10-20)23-22(26)24-12-14-25(15-13-24)30(27,28)21-11-6-17-4-2-3-5-18(17)16-21/h6-11,16H,2-5,12-15H2,1H3,(H,23,26). The van der Waals surface area contributed by atoms with Crippen LogP contribution in [0.25, 0.3) is 0 Å². The maximum atomic E-state index is 13.1. The molecule has 0 radical (unpaired) electrons. The number of methoxy groups -OCH3 is 1. The highest BCUT2D eigenvalue weighted by molar-refractivity contribution is 7.89. The summed E-state index contributed by atoms with van der Waals surface area (Å²) in [6.07, 6.45) is 4.24. The molecule has 0 spiro atoms. The Morgan fingerprint density at radius 3 is 2.27 bits per heavy atom. The predicted octanol–water partition coefficient (Wildman–Crippen LogP) is 3.11. The van der Waals surface area contributed by atoms with Crippen molar-refractivity contribution in [3.8, 4) is 5.75 Å². The number of carbonyl (C=O) groups excluding carboxylic acids is 1. The molecule has 2 aliphatic rings. The number of urea groups is 1. The van der Waals surface area contributed by atoms with Gasteiger partial charge in [0.15, 0.2) is 0 Å². The number of rotatable bonds is 4. The second-order valence-corrected chi connectivity index (χ2v) is 9.63. The van der Waals surface area contributed by atoms with E-state index in [1.807, 2.05) is 12.1 Å². The van der Waals surface area contributed by atoms with Crippen LogP contribution in [0, 0.1) is 0 Å². The van der Waals surface area contributed by atoms with Crippen LogP contribution in [-0.4, -0.2) is 56.9 Å². The Morgan fingerprint density at radius 2 is 1.60 bits per heavy atom. The molecule has 160 valence electrons. The molecule has 2 aromatic carbocycles. The molecule has 0 aromatic heterocycles. The van der Waals surface area contributed by atoms with E-state index in [1.165, 1.54) is 16.3 Å². The number of piperazine rings is 1. The van der Waals surface area contributed by atoms with E-state index in [1.54, 1.807) is 42.3 Å². The Bertz CT molecular complexity index is 1010. The Balaban J connectivity index is 1.38. The number of nitrogens with zero attached hydrogens (tertiary/aromatic N) is 2. The smallest absolute Gasteiger partial charge is 0.321 e. The second kappa shape index (κ2) is 8.65. The number of benzene rings is 2. The first kappa shape index (κ1) is 20.7. The number of nitrogens with one attached hydrogen (secondary N) is 1. The van der Waals surface area contributed by atoms with E-state index in [0.29, 0.717) is 29.4 Å². The number of hydrogen-bond donors (Lipinski definition) is 1. The van der Waals surface area contributed by atoms with Crippen LogP contribution >= 0.6 is 0 Å². The summed E-state index contributed by atoms with van der Waals surface area (Å²) in [4.78, 5) is 14.5. The van der Waals surface area contributed by atoms with Gasteiger partial charge >= 0.3 is 6.03 Å². The summed E-state index contributed by atoms with van der Waals surface area (Å²) in [5, 5.41) is 2.85. The monoisotopic (exact) mass is 429 g/mol. The first-order valence-corrected chi connectivity index (χ1v) is 11.7. The van der Waals surface area contributed by atoms with Gasteiger partial charge in [-0.1, -0.05) is 6.07 Å². The highest BCUT2D eigenvalue weighted by Crippen LogP contribution is 2.26. The lowest BCUT2D eigenvalue weighted by molar-refractivity contribution is 0.184. The quantitative estimate of drug-likeness (QED) is 0.810. The number of hydrogen-bond acceptors (Lipinski definition) is 4. The molecule has 1 N–H and O–H groups in total. The van der Waals surface area contributed by atoms with Crippen LogP contribution in [0.4, 0.5) is 10.5 Å². The maximum absolute atomic E-state index is 13.1. The Hall–Kier alpha value is -2.58. The van der Waals surface area contributed by atoms with Gasteiger partial charge in [-0.25, -0.2) is 13.2 Å². The normalized spacial score (nSPS) is 17.3. The second-order valence-electron chi connectivity index (χ2n) is 7.69. The molecule has 8 heteroatoms. The van der Waals surface area contributed by atoms with Crippen LogP contribution in [0.15, 0.2) is 47.4 Å². The van der Waals surface area contributed by atoms with E-state index in [4.69, 9.17) is 4.74 Å². The van der Waals surface area contributed by atoms with Gasteiger partial charge in [0.2, 0.25) is 10.0 Å². The molecule has 30 heavy (non-hydrogen) atoms. The molecule has 2 amide bonds. The van der Waals surface area contributed by atoms with Crippen LogP contribution in [0.3, 0.4) is 0 Å². The molecule has 1 saturated heterocycles. The van der Waals surface area contributed by atoms with Gasteiger partial charge in [-0.3, -0.25) is 0 Å². The molecule has 7 nitrogen and oxygen atoms in total. The minimum atomic E-state index is -3.55. The van der Waals surface area contributed by atoms with Gasteiger partial charge in [0.25, 0.3) is 0 Å². The molecule has 1 heterocycles. The molecule has 1 fully saturated rings. The number of aryl methyl sites for hydroxylation is 2. The largest absolute Gasteiger partial charge is 0.497 e. The van der Waals surface area contributed by atoms with Crippen molar-refractivity contribution in [3.63, 3.8) is 0 Å². The van der Waals surface area contributed by atoms with E-state index >= 15 is 0 Å². The Labute approximate surface area is 177 Å². The lowest BCUT2D eigenvalue weighted by atomic mass is 9.92. The van der Waals surface area contributed by atoms with Crippen LogP contribution in [-0.2, 0) is 22.9 Å². The van der Waals surface area contributed by atoms with Crippen molar-refractivity contribution >= 4 is 21.7 Å². The molecule has 0 bridgehead atoms.